The van der Waals surface area contributed by atoms with Crippen LogP contribution in [0, 0.1) is 6.92 Å². The fourth-order valence-electron chi connectivity index (χ4n) is 2.96. The van der Waals surface area contributed by atoms with Crippen molar-refractivity contribution < 1.29 is 23.0 Å². The van der Waals surface area contributed by atoms with Gasteiger partial charge in [0.2, 0.25) is 0 Å². The van der Waals surface area contributed by atoms with E-state index in [1.165, 1.54) is 13.0 Å². The molecule has 1 aromatic heterocycles. The molecule has 26 heavy (non-hydrogen) atoms. The first-order valence-electron chi connectivity index (χ1n) is 8.40. The standard InChI is InChI=1S/C18H20F3N3O2/c1-11-15(18(19,20)21)4-3-14(17(11)25)16-5-2-13(23-24-16)10-22-12-6-8-26-9-7-12/h2-5,12,22,25H,6-10H2,1H3. The Morgan fingerprint density at radius 3 is 2.50 bits per heavy atom. The van der Waals surface area contributed by atoms with Gasteiger partial charge in [-0.2, -0.15) is 23.4 Å². The summed E-state index contributed by atoms with van der Waals surface area (Å²) in [5.41, 5.74) is 0.204. The minimum Gasteiger partial charge on any atom is -0.507 e. The second-order valence-electron chi connectivity index (χ2n) is 6.31. The molecule has 0 bridgehead atoms. The van der Waals surface area contributed by atoms with Crippen molar-refractivity contribution in [2.24, 2.45) is 0 Å². The van der Waals surface area contributed by atoms with Crippen LogP contribution in [-0.4, -0.2) is 34.6 Å². The van der Waals surface area contributed by atoms with Crippen LogP contribution in [0.3, 0.4) is 0 Å². The first-order chi connectivity index (χ1) is 12.4. The molecule has 0 unspecified atom stereocenters. The summed E-state index contributed by atoms with van der Waals surface area (Å²) >= 11 is 0. The highest BCUT2D eigenvalue weighted by atomic mass is 19.4. The molecule has 0 radical (unpaired) electrons. The van der Waals surface area contributed by atoms with Crippen LogP contribution in [-0.2, 0) is 17.5 Å². The first kappa shape index (κ1) is 18.6. The molecule has 1 fully saturated rings. The predicted octanol–water partition coefficient (Wildman–Crippen LogP) is 3.45. The molecule has 140 valence electrons. The first-order valence-corrected chi connectivity index (χ1v) is 8.40. The Hall–Kier alpha value is -2.19. The van der Waals surface area contributed by atoms with Gasteiger partial charge in [0.25, 0.3) is 0 Å². The molecule has 1 aliphatic rings. The molecule has 0 spiro atoms. The lowest BCUT2D eigenvalue weighted by atomic mass is 10.0. The van der Waals surface area contributed by atoms with Crippen LogP contribution in [0.15, 0.2) is 24.3 Å². The van der Waals surface area contributed by atoms with Crippen LogP contribution in [0.2, 0.25) is 0 Å². The van der Waals surface area contributed by atoms with E-state index in [1.54, 1.807) is 12.1 Å². The average Bonchev–Trinajstić information content (AvgIpc) is 2.62. The highest BCUT2D eigenvalue weighted by Gasteiger charge is 2.34. The number of aromatic hydroxyl groups is 1. The van der Waals surface area contributed by atoms with Crippen LogP contribution in [0.5, 0.6) is 5.75 Å². The zero-order valence-corrected chi connectivity index (χ0v) is 14.3. The molecular formula is C18H20F3N3O2. The highest BCUT2D eigenvalue weighted by molar-refractivity contribution is 5.69. The van der Waals surface area contributed by atoms with Crippen molar-refractivity contribution in [1.82, 2.24) is 15.5 Å². The van der Waals surface area contributed by atoms with Crippen LogP contribution in [0.1, 0.15) is 29.7 Å². The van der Waals surface area contributed by atoms with Crippen LogP contribution >= 0.6 is 0 Å². The second kappa shape index (κ2) is 7.59. The molecule has 2 heterocycles. The third kappa shape index (κ3) is 4.13. The molecule has 1 aliphatic heterocycles. The van der Waals surface area contributed by atoms with Crippen molar-refractivity contribution in [2.75, 3.05) is 13.2 Å². The molecule has 0 saturated carbocycles. The third-order valence-electron chi connectivity index (χ3n) is 4.53. The van der Waals surface area contributed by atoms with Gasteiger partial charge in [-0.1, -0.05) is 0 Å². The summed E-state index contributed by atoms with van der Waals surface area (Å²) in [6.45, 7) is 3.28. The number of phenols is 1. The van der Waals surface area contributed by atoms with Crippen molar-refractivity contribution in [3.63, 3.8) is 0 Å². The SMILES string of the molecule is Cc1c(C(F)(F)F)ccc(-c2ccc(CNC3CCOCC3)nn2)c1O. The predicted molar refractivity (Wildman–Crippen MR) is 89.6 cm³/mol. The maximum absolute atomic E-state index is 12.9. The largest absolute Gasteiger partial charge is 0.507 e. The van der Waals surface area contributed by atoms with Gasteiger partial charge in [0.1, 0.15) is 5.75 Å². The summed E-state index contributed by atoms with van der Waals surface area (Å²) in [6.07, 6.45) is -2.61. The summed E-state index contributed by atoms with van der Waals surface area (Å²) < 4.78 is 44.0. The molecular weight excluding hydrogens is 347 g/mol. The number of halogens is 3. The van der Waals surface area contributed by atoms with E-state index in [0.29, 0.717) is 18.3 Å². The molecule has 0 atom stereocenters. The molecule has 3 rings (SSSR count). The van der Waals surface area contributed by atoms with Crippen molar-refractivity contribution in [1.29, 1.82) is 0 Å². The Bertz CT molecular complexity index is 758. The van der Waals surface area contributed by atoms with Crippen molar-refractivity contribution in [3.8, 4) is 17.0 Å². The number of nitrogens with zero attached hydrogens (tertiary/aromatic N) is 2. The van der Waals surface area contributed by atoms with Gasteiger partial charge in [-0.3, -0.25) is 0 Å². The fourth-order valence-corrected chi connectivity index (χ4v) is 2.96. The smallest absolute Gasteiger partial charge is 0.416 e. The number of rotatable bonds is 4. The van der Waals surface area contributed by atoms with E-state index in [1.807, 2.05) is 0 Å². The normalized spacial score (nSPS) is 16.0. The zero-order valence-electron chi connectivity index (χ0n) is 14.3. The minimum atomic E-state index is -4.51. The van der Waals surface area contributed by atoms with E-state index in [9.17, 15) is 18.3 Å². The summed E-state index contributed by atoms with van der Waals surface area (Å²) in [5.74, 6) is -0.429. The van der Waals surface area contributed by atoms with Gasteiger partial charge in [0.15, 0.2) is 0 Å². The van der Waals surface area contributed by atoms with Gasteiger partial charge < -0.3 is 15.2 Å². The van der Waals surface area contributed by atoms with Crippen LogP contribution < -0.4 is 5.32 Å². The Balaban J connectivity index is 1.73. The van der Waals surface area contributed by atoms with E-state index < -0.39 is 17.5 Å². The van der Waals surface area contributed by atoms with E-state index in [4.69, 9.17) is 4.74 Å². The van der Waals surface area contributed by atoms with E-state index in [2.05, 4.69) is 15.5 Å². The molecule has 8 heteroatoms. The van der Waals surface area contributed by atoms with Gasteiger partial charge >= 0.3 is 6.18 Å². The van der Waals surface area contributed by atoms with E-state index in [-0.39, 0.29) is 11.1 Å². The Morgan fingerprint density at radius 1 is 1.15 bits per heavy atom. The molecule has 1 saturated heterocycles. The summed E-state index contributed by atoms with van der Waals surface area (Å²) in [4.78, 5) is 0. The lowest BCUT2D eigenvalue weighted by Gasteiger charge is -2.22. The summed E-state index contributed by atoms with van der Waals surface area (Å²) in [6, 6.07) is 5.95. The molecule has 1 aromatic carbocycles. The quantitative estimate of drug-likeness (QED) is 0.867. The highest BCUT2D eigenvalue weighted by Crippen LogP contribution is 2.39. The number of hydrogen-bond donors (Lipinski definition) is 2. The number of nitrogens with one attached hydrogen (secondary N) is 1. The number of benzene rings is 1. The molecule has 0 amide bonds. The van der Waals surface area contributed by atoms with Crippen LogP contribution in [0.4, 0.5) is 13.2 Å². The average molecular weight is 367 g/mol. The maximum Gasteiger partial charge on any atom is 0.416 e. The Labute approximate surface area is 149 Å². The number of phenolic OH excluding ortho intramolecular Hbond substituents is 1. The van der Waals surface area contributed by atoms with Crippen molar-refractivity contribution in [2.45, 2.75) is 38.5 Å². The van der Waals surface area contributed by atoms with Gasteiger partial charge in [-0.05, 0) is 44.0 Å². The zero-order chi connectivity index (χ0) is 18.7. The van der Waals surface area contributed by atoms with Gasteiger partial charge in [0.05, 0.1) is 17.0 Å². The molecule has 0 aliphatic carbocycles. The van der Waals surface area contributed by atoms with Gasteiger partial charge in [-0.15, -0.1) is 0 Å². The summed E-state index contributed by atoms with van der Waals surface area (Å²) in [7, 11) is 0. The monoisotopic (exact) mass is 367 g/mol. The number of alkyl halides is 3. The second-order valence-corrected chi connectivity index (χ2v) is 6.31. The van der Waals surface area contributed by atoms with Crippen molar-refractivity contribution in [3.05, 3.63) is 41.1 Å². The fraction of sp³-hybridized carbons (Fsp3) is 0.444. The topological polar surface area (TPSA) is 67.3 Å². The minimum absolute atomic E-state index is 0.220. The summed E-state index contributed by atoms with van der Waals surface area (Å²) in [5, 5.41) is 21.7. The molecule has 5 nitrogen and oxygen atoms in total. The van der Waals surface area contributed by atoms with Crippen LogP contribution in [0.25, 0.3) is 11.3 Å². The number of ether oxygens (including phenoxy) is 1. The lowest BCUT2D eigenvalue weighted by molar-refractivity contribution is -0.138. The van der Waals surface area contributed by atoms with Crippen molar-refractivity contribution >= 4 is 0 Å². The molecule has 2 aromatic rings. The lowest BCUT2D eigenvalue weighted by Crippen LogP contribution is -2.34. The molecule has 2 N–H and O–H groups in total. The Morgan fingerprint density at radius 2 is 1.88 bits per heavy atom. The van der Waals surface area contributed by atoms with Gasteiger partial charge in [-0.25, -0.2) is 0 Å². The number of hydrogen-bond acceptors (Lipinski definition) is 5. The Kier molecular flexibility index (Phi) is 5.43. The third-order valence-corrected chi connectivity index (χ3v) is 4.53. The van der Waals surface area contributed by atoms with E-state index >= 15 is 0 Å². The maximum atomic E-state index is 12.9. The van der Waals surface area contributed by atoms with E-state index in [0.717, 1.165) is 37.8 Å². The van der Waals surface area contributed by atoms with Gasteiger partial charge in [0, 0.05) is 36.9 Å². The number of aromatic nitrogens is 2.